The molecule has 0 atom stereocenters. The third-order valence-electron chi connectivity index (χ3n) is 2.14. The number of ether oxygens (including phenoxy) is 1. The third-order valence-corrected chi connectivity index (χ3v) is 2.91. The van der Waals surface area contributed by atoms with Gasteiger partial charge in [0, 0.05) is 10.9 Å². The SMILES string of the molecule is C#Cc1nc(-c2ccc(OCC(=O)O)cc2)cs1. The van der Waals surface area contributed by atoms with Crippen molar-refractivity contribution in [3.63, 3.8) is 0 Å². The molecule has 2 aromatic rings. The first-order valence-electron chi connectivity index (χ1n) is 5.06. The van der Waals surface area contributed by atoms with E-state index in [1.165, 1.54) is 11.3 Å². The van der Waals surface area contributed by atoms with Crippen molar-refractivity contribution in [1.82, 2.24) is 4.98 Å². The van der Waals surface area contributed by atoms with Crippen molar-refractivity contribution in [2.45, 2.75) is 0 Å². The van der Waals surface area contributed by atoms with E-state index in [0.29, 0.717) is 10.8 Å². The lowest BCUT2D eigenvalue weighted by molar-refractivity contribution is -0.139. The normalized spacial score (nSPS) is 9.72. The fraction of sp³-hybridized carbons (Fsp3) is 0.0769. The van der Waals surface area contributed by atoms with Crippen LogP contribution >= 0.6 is 11.3 Å². The highest BCUT2D eigenvalue weighted by molar-refractivity contribution is 7.10. The fourth-order valence-electron chi connectivity index (χ4n) is 1.34. The molecule has 5 heteroatoms. The summed E-state index contributed by atoms with van der Waals surface area (Å²) >= 11 is 1.41. The third kappa shape index (κ3) is 2.87. The van der Waals surface area contributed by atoms with Gasteiger partial charge in [-0.15, -0.1) is 17.8 Å². The number of terminal acetylenes is 1. The Bertz CT molecular complexity index is 595. The Morgan fingerprint density at radius 3 is 2.72 bits per heavy atom. The topological polar surface area (TPSA) is 59.4 Å². The molecule has 1 aromatic heterocycles. The number of thiazole rings is 1. The minimum absolute atomic E-state index is 0.350. The maximum Gasteiger partial charge on any atom is 0.341 e. The number of benzene rings is 1. The highest BCUT2D eigenvalue weighted by atomic mass is 32.1. The van der Waals surface area contributed by atoms with Crippen molar-refractivity contribution in [3.8, 4) is 29.4 Å². The predicted molar refractivity (Wildman–Crippen MR) is 68.6 cm³/mol. The van der Waals surface area contributed by atoms with E-state index in [4.69, 9.17) is 16.3 Å². The van der Waals surface area contributed by atoms with Crippen molar-refractivity contribution in [2.24, 2.45) is 0 Å². The van der Waals surface area contributed by atoms with Crippen LogP contribution in [0.4, 0.5) is 0 Å². The molecule has 0 aliphatic carbocycles. The molecule has 0 fully saturated rings. The number of hydrogen-bond acceptors (Lipinski definition) is 4. The number of carboxylic acids is 1. The summed E-state index contributed by atoms with van der Waals surface area (Å²) in [6, 6.07) is 7.03. The molecule has 0 saturated carbocycles. The maximum atomic E-state index is 10.3. The van der Waals surface area contributed by atoms with E-state index in [1.54, 1.807) is 12.1 Å². The first kappa shape index (κ1) is 12.1. The number of aliphatic carboxylic acids is 1. The largest absolute Gasteiger partial charge is 0.482 e. The van der Waals surface area contributed by atoms with E-state index in [9.17, 15) is 4.79 Å². The molecule has 90 valence electrons. The average molecular weight is 259 g/mol. The summed E-state index contributed by atoms with van der Waals surface area (Å²) in [4.78, 5) is 14.6. The van der Waals surface area contributed by atoms with Gasteiger partial charge in [0.15, 0.2) is 11.6 Å². The van der Waals surface area contributed by atoms with Gasteiger partial charge in [-0.25, -0.2) is 9.78 Å². The summed E-state index contributed by atoms with van der Waals surface area (Å²) < 4.78 is 5.03. The molecule has 0 spiro atoms. The molecule has 2 rings (SSSR count). The van der Waals surface area contributed by atoms with E-state index in [-0.39, 0.29) is 6.61 Å². The van der Waals surface area contributed by atoms with Crippen molar-refractivity contribution >= 4 is 17.3 Å². The Balaban J connectivity index is 2.12. The summed E-state index contributed by atoms with van der Waals surface area (Å²) in [5.74, 6) is 1.98. The first-order chi connectivity index (χ1) is 8.69. The summed E-state index contributed by atoms with van der Waals surface area (Å²) in [6.07, 6.45) is 5.26. The zero-order valence-electron chi connectivity index (χ0n) is 9.29. The highest BCUT2D eigenvalue weighted by Crippen LogP contribution is 2.23. The zero-order valence-corrected chi connectivity index (χ0v) is 10.1. The molecule has 1 heterocycles. The van der Waals surface area contributed by atoms with Gasteiger partial charge >= 0.3 is 5.97 Å². The van der Waals surface area contributed by atoms with Crippen molar-refractivity contribution < 1.29 is 14.6 Å². The standard InChI is InChI=1S/C13H9NO3S/c1-2-12-14-11(8-18-12)9-3-5-10(6-4-9)17-7-13(15)16/h1,3-6,8H,7H2,(H,15,16). The van der Waals surface area contributed by atoms with Gasteiger partial charge in [0.05, 0.1) is 5.69 Å². The Morgan fingerprint density at radius 1 is 1.44 bits per heavy atom. The van der Waals surface area contributed by atoms with Gasteiger partial charge in [-0.05, 0) is 30.2 Å². The number of hydrogen-bond donors (Lipinski definition) is 1. The van der Waals surface area contributed by atoms with Gasteiger partial charge in [0.1, 0.15) is 5.75 Å². The van der Waals surface area contributed by atoms with Crippen LogP contribution in [0.1, 0.15) is 5.01 Å². The Kier molecular flexibility index (Phi) is 3.60. The van der Waals surface area contributed by atoms with Gasteiger partial charge in [0.2, 0.25) is 0 Å². The quantitative estimate of drug-likeness (QED) is 0.855. The lowest BCUT2D eigenvalue weighted by atomic mass is 10.2. The van der Waals surface area contributed by atoms with Crippen LogP contribution in [-0.4, -0.2) is 22.7 Å². The molecule has 0 radical (unpaired) electrons. The number of nitrogens with zero attached hydrogens (tertiary/aromatic N) is 1. The van der Waals surface area contributed by atoms with Gasteiger partial charge < -0.3 is 9.84 Å². The average Bonchev–Trinajstić information content (AvgIpc) is 2.85. The van der Waals surface area contributed by atoms with Gasteiger partial charge in [-0.3, -0.25) is 0 Å². The second-order valence-corrected chi connectivity index (χ2v) is 4.25. The Labute approximate surface area is 108 Å². The van der Waals surface area contributed by atoms with Crippen LogP contribution in [0.5, 0.6) is 5.75 Å². The maximum absolute atomic E-state index is 10.3. The zero-order chi connectivity index (χ0) is 13.0. The van der Waals surface area contributed by atoms with Gasteiger partial charge in [-0.1, -0.05) is 0 Å². The highest BCUT2D eigenvalue weighted by Gasteiger charge is 2.04. The first-order valence-corrected chi connectivity index (χ1v) is 5.94. The lowest BCUT2D eigenvalue weighted by Gasteiger charge is -2.03. The molecule has 4 nitrogen and oxygen atoms in total. The van der Waals surface area contributed by atoms with E-state index in [0.717, 1.165) is 11.3 Å². The van der Waals surface area contributed by atoms with Crippen LogP contribution in [0, 0.1) is 12.3 Å². The minimum Gasteiger partial charge on any atom is -0.482 e. The van der Waals surface area contributed by atoms with Crippen molar-refractivity contribution in [2.75, 3.05) is 6.61 Å². The van der Waals surface area contributed by atoms with Crippen LogP contribution in [-0.2, 0) is 4.79 Å². The molecule has 1 N–H and O–H groups in total. The molecule has 18 heavy (non-hydrogen) atoms. The lowest BCUT2D eigenvalue weighted by Crippen LogP contribution is -2.09. The molecule has 0 amide bonds. The smallest absolute Gasteiger partial charge is 0.341 e. The van der Waals surface area contributed by atoms with Crippen molar-refractivity contribution in [1.29, 1.82) is 0 Å². The molecular weight excluding hydrogens is 250 g/mol. The predicted octanol–water partition coefficient (Wildman–Crippen LogP) is 2.25. The number of carbonyl (C=O) groups is 1. The molecule has 0 unspecified atom stereocenters. The molecule has 1 aromatic carbocycles. The van der Waals surface area contributed by atoms with E-state index in [1.807, 2.05) is 17.5 Å². The van der Waals surface area contributed by atoms with Gasteiger partial charge in [-0.2, -0.15) is 0 Å². The van der Waals surface area contributed by atoms with Gasteiger partial charge in [0.25, 0.3) is 0 Å². The Morgan fingerprint density at radius 2 is 2.17 bits per heavy atom. The Hall–Kier alpha value is -2.32. The molecule has 0 saturated heterocycles. The number of rotatable bonds is 4. The summed E-state index contributed by atoms with van der Waals surface area (Å²) in [6.45, 7) is -0.350. The van der Waals surface area contributed by atoms with Crippen LogP contribution in [0.25, 0.3) is 11.3 Å². The summed E-state index contributed by atoms with van der Waals surface area (Å²) in [5, 5.41) is 11.0. The summed E-state index contributed by atoms with van der Waals surface area (Å²) in [5.41, 5.74) is 1.72. The van der Waals surface area contributed by atoms with E-state index >= 15 is 0 Å². The molecule has 0 aliphatic rings. The second kappa shape index (κ2) is 5.34. The van der Waals surface area contributed by atoms with Crippen LogP contribution in [0.2, 0.25) is 0 Å². The minimum atomic E-state index is -1.00. The van der Waals surface area contributed by atoms with E-state index in [2.05, 4.69) is 10.9 Å². The second-order valence-electron chi connectivity index (χ2n) is 3.39. The van der Waals surface area contributed by atoms with Crippen LogP contribution < -0.4 is 4.74 Å². The summed E-state index contributed by atoms with van der Waals surface area (Å²) in [7, 11) is 0. The number of aromatic nitrogens is 1. The number of carboxylic acid groups (broad SMARTS) is 1. The van der Waals surface area contributed by atoms with E-state index < -0.39 is 5.97 Å². The molecule has 0 bridgehead atoms. The molecule has 0 aliphatic heterocycles. The monoisotopic (exact) mass is 259 g/mol. The van der Waals surface area contributed by atoms with Crippen LogP contribution in [0.15, 0.2) is 29.6 Å². The fourth-order valence-corrected chi connectivity index (χ4v) is 1.97. The molecular formula is C13H9NO3S. The van der Waals surface area contributed by atoms with Crippen molar-refractivity contribution in [3.05, 3.63) is 34.7 Å². The van der Waals surface area contributed by atoms with Crippen LogP contribution in [0.3, 0.4) is 0 Å².